The Morgan fingerprint density at radius 1 is 1.08 bits per heavy atom. The Kier molecular flexibility index (Phi) is 5.76. The van der Waals surface area contributed by atoms with E-state index in [4.69, 9.17) is 4.52 Å². The molecule has 6 nitrogen and oxygen atoms in total. The van der Waals surface area contributed by atoms with E-state index in [1.54, 1.807) is 0 Å². The van der Waals surface area contributed by atoms with Crippen LogP contribution in [0, 0.1) is 0 Å². The quantitative estimate of drug-likeness (QED) is 0.709. The van der Waals surface area contributed by atoms with Gasteiger partial charge in [0.15, 0.2) is 5.82 Å². The van der Waals surface area contributed by atoms with Crippen LogP contribution in [0.1, 0.15) is 28.9 Å². The third-order valence-electron chi connectivity index (χ3n) is 4.00. The van der Waals surface area contributed by atoms with E-state index < -0.39 is 0 Å². The van der Waals surface area contributed by atoms with Crippen LogP contribution in [-0.4, -0.2) is 35.0 Å². The van der Waals surface area contributed by atoms with Gasteiger partial charge in [0.1, 0.15) is 6.04 Å². The first-order chi connectivity index (χ1) is 12.6. The highest BCUT2D eigenvalue weighted by Gasteiger charge is 2.23. The Labute approximate surface area is 152 Å². The first kappa shape index (κ1) is 17.8. The van der Waals surface area contributed by atoms with Crippen LogP contribution in [0.5, 0.6) is 0 Å². The lowest BCUT2D eigenvalue weighted by molar-refractivity contribution is -0.120. The zero-order valence-corrected chi connectivity index (χ0v) is 14.9. The molecule has 6 heteroatoms. The van der Waals surface area contributed by atoms with Gasteiger partial charge in [-0.15, -0.1) is 0 Å². The largest absolute Gasteiger partial charge is 0.352 e. The maximum atomic E-state index is 12.1. The summed E-state index contributed by atoms with van der Waals surface area (Å²) in [7, 11) is 3.90. The summed E-state index contributed by atoms with van der Waals surface area (Å²) in [4.78, 5) is 18.6. The van der Waals surface area contributed by atoms with E-state index >= 15 is 0 Å². The Hall–Kier alpha value is -2.99. The highest BCUT2D eigenvalue weighted by Crippen LogP contribution is 2.25. The number of nitrogens with zero attached hydrogens (tertiary/aromatic N) is 3. The summed E-state index contributed by atoms with van der Waals surface area (Å²) in [6.45, 7) is 0.481. The molecule has 3 aromatic rings. The van der Waals surface area contributed by atoms with Gasteiger partial charge in [0.05, 0.1) is 6.42 Å². The average molecular weight is 350 g/mol. The number of benzene rings is 2. The van der Waals surface area contributed by atoms with Crippen LogP contribution in [0.4, 0.5) is 0 Å². The van der Waals surface area contributed by atoms with E-state index in [2.05, 4.69) is 15.5 Å². The molecule has 1 heterocycles. The minimum Gasteiger partial charge on any atom is -0.352 e. The van der Waals surface area contributed by atoms with Crippen molar-refractivity contribution in [3.8, 4) is 0 Å². The number of rotatable bonds is 7. The maximum absolute atomic E-state index is 12.1. The molecule has 0 bridgehead atoms. The predicted octanol–water partition coefficient (Wildman–Crippen LogP) is 2.58. The minimum atomic E-state index is -0.148. The third-order valence-corrected chi connectivity index (χ3v) is 4.00. The summed E-state index contributed by atoms with van der Waals surface area (Å²) in [5, 5.41) is 6.84. The number of carbonyl (C=O) groups excluding carboxylic acids is 1. The predicted molar refractivity (Wildman–Crippen MR) is 98.3 cm³/mol. The van der Waals surface area contributed by atoms with Crippen molar-refractivity contribution in [2.24, 2.45) is 0 Å². The first-order valence-electron chi connectivity index (χ1n) is 8.48. The summed E-state index contributed by atoms with van der Waals surface area (Å²) >= 11 is 0. The molecule has 0 saturated heterocycles. The summed E-state index contributed by atoms with van der Waals surface area (Å²) in [6.07, 6.45) is 0.0886. The summed E-state index contributed by atoms with van der Waals surface area (Å²) < 4.78 is 5.42. The summed E-state index contributed by atoms with van der Waals surface area (Å²) in [5.41, 5.74) is 2.10. The van der Waals surface area contributed by atoms with Gasteiger partial charge in [-0.2, -0.15) is 4.98 Å². The van der Waals surface area contributed by atoms with Crippen LogP contribution in [0.2, 0.25) is 0 Å². The molecule has 1 unspecified atom stereocenters. The molecule has 26 heavy (non-hydrogen) atoms. The molecule has 1 amide bonds. The van der Waals surface area contributed by atoms with Gasteiger partial charge < -0.3 is 9.84 Å². The number of amides is 1. The highest BCUT2D eigenvalue weighted by molar-refractivity contribution is 5.77. The van der Waals surface area contributed by atoms with Gasteiger partial charge in [-0.3, -0.25) is 9.69 Å². The second-order valence-electron chi connectivity index (χ2n) is 6.26. The van der Waals surface area contributed by atoms with Crippen LogP contribution in [0.3, 0.4) is 0 Å². The lowest BCUT2D eigenvalue weighted by Gasteiger charge is -2.20. The smallest absolute Gasteiger partial charge is 0.248 e. The number of hydrogen-bond acceptors (Lipinski definition) is 5. The van der Waals surface area contributed by atoms with Gasteiger partial charge in [0, 0.05) is 6.54 Å². The van der Waals surface area contributed by atoms with Gasteiger partial charge >= 0.3 is 0 Å². The molecular weight excluding hydrogens is 328 g/mol. The zero-order valence-electron chi connectivity index (χ0n) is 14.9. The van der Waals surface area contributed by atoms with E-state index in [0.29, 0.717) is 18.3 Å². The number of hydrogen-bond donors (Lipinski definition) is 1. The molecule has 0 fully saturated rings. The first-order valence-corrected chi connectivity index (χ1v) is 8.48. The molecule has 0 spiro atoms. The lowest BCUT2D eigenvalue weighted by Crippen LogP contribution is -2.25. The fraction of sp³-hybridized carbons (Fsp3) is 0.250. The SMILES string of the molecule is CN(C)C(c1ccccc1)c1nc(CC(=O)NCc2ccccc2)no1. The van der Waals surface area contributed by atoms with Gasteiger partial charge in [-0.25, -0.2) is 0 Å². The summed E-state index contributed by atoms with van der Waals surface area (Å²) in [5.74, 6) is 0.725. The monoisotopic (exact) mass is 350 g/mol. The van der Waals surface area contributed by atoms with Crippen LogP contribution in [0.25, 0.3) is 0 Å². The minimum absolute atomic E-state index is 0.0886. The number of carbonyl (C=O) groups is 1. The second kappa shape index (κ2) is 8.40. The topological polar surface area (TPSA) is 71.3 Å². The summed E-state index contributed by atoms with van der Waals surface area (Å²) in [6, 6.07) is 19.6. The molecule has 3 rings (SSSR count). The molecule has 0 aliphatic heterocycles. The van der Waals surface area contributed by atoms with Crippen molar-refractivity contribution in [3.05, 3.63) is 83.5 Å². The molecule has 1 N–H and O–H groups in total. The van der Waals surface area contributed by atoms with Crippen LogP contribution >= 0.6 is 0 Å². The average Bonchev–Trinajstić information content (AvgIpc) is 3.09. The van der Waals surface area contributed by atoms with Crippen LogP contribution in [0.15, 0.2) is 65.2 Å². The van der Waals surface area contributed by atoms with Crippen molar-refractivity contribution in [1.29, 1.82) is 0 Å². The number of nitrogens with one attached hydrogen (secondary N) is 1. The Balaban J connectivity index is 1.64. The van der Waals surface area contributed by atoms with Gasteiger partial charge in [-0.1, -0.05) is 65.8 Å². The molecule has 134 valence electrons. The Morgan fingerprint density at radius 2 is 1.73 bits per heavy atom. The zero-order chi connectivity index (χ0) is 18.4. The molecule has 0 saturated carbocycles. The second-order valence-corrected chi connectivity index (χ2v) is 6.26. The molecule has 0 aliphatic rings. The van der Waals surface area contributed by atoms with E-state index in [0.717, 1.165) is 11.1 Å². The fourth-order valence-corrected chi connectivity index (χ4v) is 2.75. The molecule has 1 aromatic heterocycles. The lowest BCUT2D eigenvalue weighted by atomic mass is 10.1. The highest BCUT2D eigenvalue weighted by atomic mass is 16.5. The Morgan fingerprint density at radius 3 is 2.38 bits per heavy atom. The van der Waals surface area contributed by atoms with Crippen molar-refractivity contribution in [1.82, 2.24) is 20.4 Å². The molecule has 0 aliphatic carbocycles. The fourth-order valence-electron chi connectivity index (χ4n) is 2.75. The van der Waals surface area contributed by atoms with Crippen LogP contribution < -0.4 is 5.32 Å². The van der Waals surface area contributed by atoms with E-state index in [1.807, 2.05) is 79.7 Å². The molecule has 1 atom stereocenters. The van der Waals surface area contributed by atoms with Crippen LogP contribution in [-0.2, 0) is 17.8 Å². The third kappa shape index (κ3) is 4.55. The normalized spacial score (nSPS) is 12.1. The van der Waals surface area contributed by atoms with E-state index in [1.165, 1.54) is 0 Å². The van der Waals surface area contributed by atoms with Gasteiger partial charge in [0.25, 0.3) is 0 Å². The molecule has 0 radical (unpaired) electrons. The molecular formula is C20H22N4O2. The van der Waals surface area contributed by atoms with Crippen molar-refractivity contribution in [3.63, 3.8) is 0 Å². The van der Waals surface area contributed by atoms with Crippen molar-refractivity contribution < 1.29 is 9.32 Å². The van der Waals surface area contributed by atoms with Gasteiger partial charge in [-0.05, 0) is 25.2 Å². The van der Waals surface area contributed by atoms with Gasteiger partial charge in [0.2, 0.25) is 11.8 Å². The molecule has 2 aromatic carbocycles. The maximum Gasteiger partial charge on any atom is 0.248 e. The van der Waals surface area contributed by atoms with Crippen molar-refractivity contribution in [2.75, 3.05) is 14.1 Å². The Bertz CT molecular complexity index is 831. The van der Waals surface area contributed by atoms with Crippen molar-refractivity contribution in [2.45, 2.75) is 19.0 Å². The number of aromatic nitrogens is 2. The van der Waals surface area contributed by atoms with Crippen molar-refractivity contribution >= 4 is 5.91 Å². The van der Waals surface area contributed by atoms with E-state index in [-0.39, 0.29) is 18.4 Å². The standard InChI is InChI=1S/C20H22N4O2/c1-24(2)19(16-11-7-4-8-12-16)20-22-17(23-26-20)13-18(25)21-14-15-9-5-3-6-10-15/h3-12,19H,13-14H2,1-2H3,(H,21,25). The van der Waals surface area contributed by atoms with E-state index in [9.17, 15) is 4.79 Å².